The molecule has 18 heavy (non-hydrogen) atoms. The van der Waals surface area contributed by atoms with E-state index in [0.29, 0.717) is 12.5 Å². The third-order valence-corrected chi connectivity index (χ3v) is 5.05. The van der Waals surface area contributed by atoms with Crippen molar-refractivity contribution in [2.24, 2.45) is 11.8 Å². The SMILES string of the molecule is CC1CCC(C(=O)N2CC(CBr)OCC2C)CC1. The van der Waals surface area contributed by atoms with Gasteiger partial charge in [0.05, 0.1) is 18.8 Å². The van der Waals surface area contributed by atoms with Crippen molar-refractivity contribution in [1.29, 1.82) is 0 Å². The summed E-state index contributed by atoms with van der Waals surface area (Å²) in [5, 5.41) is 0.811. The fourth-order valence-electron chi connectivity index (χ4n) is 2.96. The summed E-state index contributed by atoms with van der Waals surface area (Å²) in [6.07, 6.45) is 4.72. The minimum Gasteiger partial charge on any atom is -0.373 e. The molecule has 2 rings (SSSR count). The Balaban J connectivity index is 1.94. The van der Waals surface area contributed by atoms with Crippen LogP contribution in [0.15, 0.2) is 0 Å². The Morgan fingerprint density at radius 3 is 2.56 bits per heavy atom. The van der Waals surface area contributed by atoms with Gasteiger partial charge in [0.25, 0.3) is 0 Å². The van der Waals surface area contributed by atoms with Gasteiger partial charge in [-0.15, -0.1) is 0 Å². The number of hydrogen-bond acceptors (Lipinski definition) is 2. The molecule has 0 aromatic heterocycles. The van der Waals surface area contributed by atoms with E-state index in [2.05, 4.69) is 34.7 Å². The number of ether oxygens (including phenoxy) is 1. The summed E-state index contributed by atoms with van der Waals surface area (Å²) in [5.74, 6) is 1.42. The molecule has 0 N–H and O–H groups in total. The van der Waals surface area contributed by atoms with Crippen LogP contribution in [0.2, 0.25) is 0 Å². The maximum Gasteiger partial charge on any atom is 0.226 e. The first-order valence-electron chi connectivity index (χ1n) is 7.09. The molecule has 4 heteroatoms. The molecule has 104 valence electrons. The Kier molecular flexibility index (Phi) is 5.07. The number of morpholine rings is 1. The number of nitrogens with zero attached hydrogens (tertiary/aromatic N) is 1. The highest BCUT2D eigenvalue weighted by molar-refractivity contribution is 9.09. The van der Waals surface area contributed by atoms with Crippen molar-refractivity contribution >= 4 is 21.8 Å². The molecule has 0 aromatic carbocycles. The Bertz CT molecular complexity index is 290. The molecule has 0 spiro atoms. The number of carbonyl (C=O) groups excluding carboxylic acids is 1. The quantitative estimate of drug-likeness (QED) is 0.733. The van der Waals surface area contributed by atoms with Crippen molar-refractivity contribution in [3.05, 3.63) is 0 Å². The van der Waals surface area contributed by atoms with Crippen LogP contribution >= 0.6 is 15.9 Å². The van der Waals surface area contributed by atoms with Crippen LogP contribution in [0.3, 0.4) is 0 Å². The molecule has 3 nitrogen and oxygen atoms in total. The third-order valence-electron chi connectivity index (χ3n) is 4.33. The van der Waals surface area contributed by atoms with Crippen LogP contribution in [-0.2, 0) is 9.53 Å². The molecule has 0 bridgehead atoms. The van der Waals surface area contributed by atoms with Gasteiger partial charge in [0, 0.05) is 17.8 Å². The molecule has 2 aliphatic rings. The lowest BCUT2D eigenvalue weighted by molar-refractivity contribution is -0.148. The van der Waals surface area contributed by atoms with Gasteiger partial charge in [0.2, 0.25) is 5.91 Å². The number of carbonyl (C=O) groups is 1. The minimum absolute atomic E-state index is 0.160. The van der Waals surface area contributed by atoms with E-state index >= 15 is 0 Å². The predicted octanol–water partition coefficient (Wildman–Crippen LogP) is 2.82. The van der Waals surface area contributed by atoms with E-state index in [9.17, 15) is 4.79 Å². The summed E-state index contributed by atoms with van der Waals surface area (Å²) in [7, 11) is 0. The zero-order chi connectivity index (χ0) is 13.1. The summed E-state index contributed by atoms with van der Waals surface area (Å²) < 4.78 is 5.68. The lowest BCUT2D eigenvalue weighted by Gasteiger charge is -2.40. The molecule has 1 aliphatic heterocycles. The Morgan fingerprint density at radius 1 is 1.28 bits per heavy atom. The first-order chi connectivity index (χ1) is 8.61. The summed E-state index contributed by atoms with van der Waals surface area (Å²) in [4.78, 5) is 14.6. The number of amides is 1. The molecule has 1 saturated heterocycles. The topological polar surface area (TPSA) is 29.5 Å². The maximum atomic E-state index is 12.6. The minimum atomic E-state index is 0.160. The van der Waals surface area contributed by atoms with Crippen LogP contribution in [0.5, 0.6) is 0 Å². The molecular formula is C14H24BrNO2. The Hall–Kier alpha value is -0.0900. The molecular weight excluding hydrogens is 294 g/mol. The van der Waals surface area contributed by atoms with E-state index in [1.165, 1.54) is 12.8 Å². The molecule has 1 amide bonds. The highest BCUT2D eigenvalue weighted by Gasteiger charge is 2.34. The fourth-order valence-corrected chi connectivity index (χ4v) is 3.35. The van der Waals surface area contributed by atoms with Crippen molar-refractivity contribution in [3.8, 4) is 0 Å². The summed E-state index contributed by atoms with van der Waals surface area (Å²) >= 11 is 3.45. The van der Waals surface area contributed by atoms with Crippen molar-refractivity contribution in [2.75, 3.05) is 18.5 Å². The van der Waals surface area contributed by atoms with Crippen LogP contribution in [0, 0.1) is 11.8 Å². The third kappa shape index (κ3) is 3.27. The van der Waals surface area contributed by atoms with Crippen molar-refractivity contribution < 1.29 is 9.53 Å². The van der Waals surface area contributed by atoms with Crippen LogP contribution in [0.4, 0.5) is 0 Å². The van der Waals surface area contributed by atoms with Gasteiger partial charge in [0.15, 0.2) is 0 Å². The number of hydrogen-bond donors (Lipinski definition) is 0. The number of rotatable bonds is 2. The van der Waals surface area contributed by atoms with E-state index in [1.54, 1.807) is 0 Å². The first kappa shape index (κ1) is 14.3. The monoisotopic (exact) mass is 317 g/mol. The van der Waals surface area contributed by atoms with E-state index in [4.69, 9.17) is 4.74 Å². The van der Waals surface area contributed by atoms with Gasteiger partial charge < -0.3 is 9.64 Å². The second-order valence-corrected chi connectivity index (χ2v) is 6.55. The predicted molar refractivity (Wildman–Crippen MR) is 75.8 cm³/mol. The molecule has 1 saturated carbocycles. The van der Waals surface area contributed by atoms with Gasteiger partial charge in [-0.1, -0.05) is 22.9 Å². The maximum absolute atomic E-state index is 12.6. The molecule has 1 aliphatic carbocycles. The molecule has 1 heterocycles. The zero-order valence-corrected chi connectivity index (χ0v) is 13.0. The van der Waals surface area contributed by atoms with Crippen LogP contribution in [0.1, 0.15) is 39.5 Å². The smallest absolute Gasteiger partial charge is 0.226 e. The fraction of sp³-hybridized carbons (Fsp3) is 0.929. The van der Waals surface area contributed by atoms with Crippen LogP contribution < -0.4 is 0 Å². The normalized spacial score (nSPS) is 37.6. The van der Waals surface area contributed by atoms with Crippen LogP contribution in [0.25, 0.3) is 0 Å². The molecule has 0 aromatic rings. The van der Waals surface area contributed by atoms with Crippen LogP contribution in [-0.4, -0.2) is 41.4 Å². The van der Waals surface area contributed by atoms with E-state index in [0.717, 1.165) is 30.6 Å². The summed E-state index contributed by atoms with van der Waals surface area (Å²) in [6, 6.07) is 0.229. The standard InChI is InChI=1S/C14H24BrNO2/c1-10-3-5-12(6-4-10)14(17)16-8-13(7-15)18-9-11(16)2/h10-13H,3-9H2,1-2H3. The molecule has 2 fully saturated rings. The first-order valence-corrected chi connectivity index (χ1v) is 8.22. The zero-order valence-electron chi connectivity index (χ0n) is 11.4. The van der Waals surface area contributed by atoms with Crippen molar-refractivity contribution in [2.45, 2.75) is 51.7 Å². The summed E-state index contributed by atoms with van der Waals surface area (Å²) in [6.45, 7) is 5.80. The van der Waals surface area contributed by atoms with Gasteiger partial charge in [-0.3, -0.25) is 4.79 Å². The largest absolute Gasteiger partial charge is 0.373 e. The number of halogens is 1. The second kappa shape index (κ2) is 6.38. The molecule has 2 unspecified atom stereocenters. The van der Waals surface area contributed by atoms with E-state index in [1.807, 2.05) is 0 Å². The van der Waals surface area contributed by atoms with Gasteiger partial charge in [-0.25, -0.2) is 0 Å². The average molecular weight is 318 g/mol. The van der Waals surface area contributed by atoms with Gasteiger partial charge in [0.1, 0.15) is 0 Å². The average Bonchev–Trinajstić information content (AvgIpc) is 2.39. The number of alkyl halides is 1. The highest BCUT2D eigenvalue weighted by Crippen LogP contribution is 2.30. The Morgan fingerprint density at radius 2 is 1.94 bits per heavy atom. The van der Waals surface area contributed by atoms with E-state index in [-0.39, 0.29) is 18.1 Å². The lowest BCUT2D eigenvalue weighted by Crippen LogP contribution is -2.53. The van der Waals surface area contributed by atoms with Crippen molar-refractivity contribution in [3.63, 3.8) is 0 Å². The molecule has 0 radical (unpaired) electrons. The van der Waals surface area contributed by atoms with E-state index < -0.39 is 0 Å². The van der Waals surface area contributed by atoms with Gasteiger partial charge >= 0.3 is 0 Å². The lowest BCUT2D eigenvalue weighted by atomic mass is 9.82. The second-order valence-electron chi connectivity index (χ2n) is 5.91. The van der Waals surface area contributed by atoms with Gasteiger partial charge in [-0.05, 0) is 38.5 Å². The highest BCUT2D eigenvalue weighted by atomic mass is 79.9. The summed E-state index contributed by atoms with van der Waals surface area (Å²) in [5.41, 5.74) is 0. The van der Waals surface area contributed by atoms with Gasteiger partial charge in [-0.2, -0.15) is 0 Å². The van der Waals surface area contributed by atoms with Crippen molar-refractivity contribution in [1.82, 2.24) is 4.90 Å². The Labute approximate surface area is 118 Å². The molecule has 2 atom stereocenters.